The minimum Gasteiger partial charge on any atom is -0.481 e. The van der Waals surface area contributed by atoms with Crippen LogP contribution in [0.4, 0.5) is 0 Å². The Morgan fingerprint density at radius 1 is 1.20 bits per heavy atom. The molecule has 2 rings (SSSR count). The van der Waals surface area contributed by atoms with Crippen molar-refractivity contribution in [1.82, 2.24) is 25.4 Å². The summed E-state index contributed by atoms with van der Waals surface area (Å²) in [7, 11) is 0. The molecule has 0 atom stereocenters. The van der Waals surface area contributed by atoms with Crippen LogP contribution in [0.25, 0.3) is 11.6 Å². The number of carboxylic acids is 1. The number of aliphatic carboxylic acids is 1. The zero-order valence-electron chi connectivity index (χ0n) is 14.2. The number of aryl methyl sites for hydroxylation is 1. The van der Waals surface area contributed by atoms with Gasteiger partial charge in [0.05, 0.1) is 6.42 Å². The number of carbonyl (C=O) groups is 2. The lowest BCUT2D eigenvalue weighted by Crippen LogP contribution is -2.49. The van der Waals surface area contributed by atoms with E-state index in [0.29, 0.717) is 24.6 Å². The molecule has 0 aliphatic rings. The molecule has 0 fully saturated rings. The molecular formula is C16H21N5O4. The summed E-state index contributed by atoms with van der Waals surface area (Å²) in [5.41, 5.74) is -0.735. The maximum Gasteiger partial charge on any atom is 0.305 e. The summed E-state index contributed by atoms with van der Waals surface area (Å²) in [5.74, 6) is -0.277. The van der Waals surface area contributed by atoms with Crippen molar-refractivity contribution in [2.24, 2.45) is 0 Å². The van der Waals surface area contributed by atoms with Crippen LogP contribution in [0.5, 0.6) is 0 Å². The largest absolute Gasteiger partial charge is 0.481 e. The van der Waals surface area contributed by atoms with Crippen LogP contribution in [-0.4, -0.2) is 42.6 Å². The molecule has 0 saturated carbocycles. The molecular weight excluding hydrogens is 326 g/mol. The van der Waals surface area contributed by atoms with Gasteiger partial charge < -0.3 is 14.9 Å². The van der Waals surface area contributed by atoms with Crippen LogP contribution in [0.1, 0.15) is 45.4 Å². The van der Waals surface area contributed by atoms with Crippen molar-refractivity contribution in [2.45, 2.75) is 51.5 Å². The summed E-state index contributed by atoms with van der Waals surface area (Å²) in [4.78, 5) is 35.4. The molecule has 0 aliphatic heterocycles. The third-order valence-corrected chi connectivity index (χ3v) is 4.05. The molecule has 2 aromatic rings. The molecule has 0 radical (unpaired) electrons. The molecule has 1 amide bonds. The molecule has 0 saturated heterocycles. The quantitative estimate of drug-likeness (QED) is 0.699. The summed E-state index contributed by atoms with van der Waals surface area (Å²) in [5, 5.41) is 15.7. The highest BCUT2D eigenvalue weighted by Crippen LogP contribution is 2.20. The van der Waals surface area contributed by atoms with E-state index in [1.807, 2.05) is 13.8 Å². The second-order valence-electron chi connectivity index (χ2n) is 5.69. The first-order valence-corrected chi connectivity index (χ1v) is 8.11. The molecule has 2 heterocycles. The third-order valence-electron chi connectivity index (χ3n) is 4.05. The van der Waals surface area contributed by atoms with Crippen LogP contribution < -0.4 is 5.32 Å². The van der Waals surface area contributed by atoms with Gasteiger partial charge in [-0.25, -0.2) is 9.97 Å². The minimum absolute atomic E-state index is 0.109. The van der Waals surface area contributed by atoms with Gasteiger partial charge in [-0.3, -0.25) is 9.59 Å². The molecule has 9 heteroatoms. The lowest BCUT2D eigenvalue weighted by Gasteiger charge is -2.31. The van der Waals surface area contributed by atoms with E-state index < -0.39 is 11.5 Å². The van der Waals surface area contributed by atoms with Gasteiger partial charge in [-0.05, 0) is 18.9 Å². The van der Waals surface area contributed by atoms with Crippen LogP contribution in [0.15, 0.2) is 23.0 Å². The van der Waals surface area contributed by atoms with Gasteiger partial charge in [0.1, 0.15) is 0 Å². The average molecular weight is 347 g/mol. The number of amides is 1. The lowest BCUT2D eigenvalue weighted by atomic mass is 9.88. The smallest absolute Gasteiger partial charge is 0.305 e. The van der Waals surface area contributed by atoms with Gasteiger partial charge in [-0.1, -0.05) is 19.0 Å². The number of carboxylic acid groups (broad SMARTS) is 1. The van der Waals surface area contributed by atoms with Gasteiger partial charge in [-0.2, -0.15) is 4.98 Å². The number of nitrogens with one attached hydrogen (secondary N) is 1. The van der Waals surface area contributed by atoms with Gasteiger partial charge in [-0.15, -0.1) is 0 Å². The van der Waals surface area contributed by atoms with Gasteiger partial charge in [0.15, 0.2) is 0 Å². The predicted molar refractivity (Wildman–Crippen MR) is 87.4 cm³/mol. The van der Waals surface area contributed by atoms with Gasteiger partial charge in [0, 0.05) is 30.8 Å². The Bertz CT molecular complexity index is 712. The molecule has 9 nitrogen and oxygen atoms in total. The molecule has 2 N–H and O–H groups in total. The Labute approximate surface area is 144 Å². The van der Waals surface area contributed by atoms with E-state index >= 15 is 0 Å². The van der Waals surface area contributed by atoms with Crippen LogP contribution >= 0.6 is 0 Å². The molecule has 0 bridgehead atoms. The van der Waals surface area contributed by atoms with E-state index in [4.69, 9.17) is 9.63 Å². The second-order valence-corrected chi connectivity index (χ2v) is 5.69. The first-order chi connectivity index (χ1) is 12.0. The summed E-state index contributed by atoms with van der Waals surface area (Å²) in [6.45, 7) is 3.72. The second kappa shape index (κ2) is 8.32. The zero-order chi connectivity index (χ0) is 18.3. The van der Waals surface area contributed by atoms with Gasteiger partial charge >= 0.3 is 5.97 Å². The third kappa shape index (κ3) is 5.07. The van der Waals surface area contributed by atoms with Crippen molar-refractivity contribution in [3.63, 3.8) is 0 Å². The molecule has 134 valence electrons. The van der Waals surface area contributed by atoms with Gasteiger partial charge in [0.2, 0.25) is 23.4 Å². The van der Waals surface area contributed by atoms with Crippen molar-refractivity contribution in [2.75, 3.05) is 0 Å². The van der Waals surface area contributed by atoms with E-state index in [1.54, 1.807) is 18.5 Å². The maximum atomic E-state index is 12.2. The van der Waals surface area contributed by atoms with Crippen molar-refractivity contribution in [3.05, 3.63) is 24.4 Å². The first kappa shape index (κ1) is 18.5. The Hall–Kier alpha value is -2.84. The van der Waals surface area contributed by atoms with E-state index in [0.717, 1.165) is 0 Å². The predicted octanol–water partition coefficient (Wildman–Crippen LogP) is 1.61. The minimum atomic E-state index is -0.937. The van der Waals surface area contributed by atoms with Crippen molar-refractivity contribution in [1.29, 1.82) is 0 Å². The monoisotopic (exact) mass is 347 g/mol. The zero-order valence-corrected chi connectivity index (χ0v) is 14.2. The number of hydrogen-bond donors (Lipinski definition) is 2. The van der Waals surface area contributed by atoms with Crippen LogP contribution in [0.2, 0.25) is 0 Å². The van der Waals surface area contributed by atoms with E-state index in [1.165, 1.54) is 0 Å². The number of aromatic nitrogens is 4. The highest BCUT2D eigenvalue weighted by atomic mass is 16.5. The fourth-order valence-corrected chi connectivity index (χ4v) is 2.45. The van der Waals surface area contributed by atoms with Crippen LogP contribution in [0.3, 0.4) is 0 Å². The summed E-state index contributed by atoms with van der Waals surface area (Å²) >= 11 is 0. The highest BCUT2D eigenvalue weighted by Gasteiger charge is 2.30. The molecule has 0 aliphatic carbocycles. The van der Waals surface area contributed by atoms with E-state index in [2.05, 4.69) is 25.4 Å². The molecule has 0 spiro atoms. The molecule has 2 aromatic heterocycles. The first-order valence-electron chi connectivity index (χ1n) is 8.11. The Morgan fingerprint density at radius 2 is 1.88 bits per heavy atom. The fourth-order valence-electron chi connectivity index (χ4n) is 2.45. The van der Waals surface area contributed by atoms with Crippen LogP contribution in [0, 0.1) is 0 Å². The summed E-state index contributed by atoms with van der Waals surface area (Å²) in [6, 6.07) is 1.68. The van der Waals surface area contributed by atoms with Gasteiger partial charge in [0.25, 0.3) is 0 Å². The number of hydrogen-bond acceptors (Lipinski definition) is 7. The SMILES string of the molecule is CCC(CC)(CC(=O)O)NC(=O)CCc1nc(-c2ncccn2)no1. The summed E-state index contributed by atoms with van der Waals surface area (Å²) < 4.78 is 5.10. The highest BCUT2D eigenvalue weighted by molar-refractivity contribution is 5.78. The average Bonchev–Trinajstić information content (AvgIpc) is 3.09. The van der Waals surface area contributed by atoms with E-state index in [9.17, 15) is 9.59 Å². The Morgan fingerprint density at radius 3 is 2.48 bits per heavy atom. The van der Waals surface area contributed by atoms with Crippen LogP contribution in [-0.2, 0) is 16.0 Å². The Balaban J connectivity index is 1.93. The molecule has 25 heavy (non-hydrogen) atoms. The molecule has 0 unspecified atom stereocenters. The summed E-state index contributed by atoms with van der Waals surface area (Å²) in [6.07, 6.45) is 4.49. The number of nitrogens with zero attached hydrogens (tertiary/aromatic N) is 4. The molecule has 0 aromatic carbocycles. The fraction of sp³-hybridized carbons (Fsp3) is 0.500. The van der Waals surface area contributed by atoms with Crippen molar-refractivity contribution < 1.29 is 19.2 Å². The normalized spacial score (nSPS) is 11.3. The lowest BCUT2D eigenvalue weighted by molar-refractivity contribution is -0.139. The standard InChI is InChI=1S/C16H21N5O4/c1-3-16(4-2,10-13(23)24)20-11(22)6-7-12-19-15(21-25-12)14-17-8-5-9-18-14/h5,8-9H,3-4,6-7,10H2,1-2H3,(H,20,22)(H,23,24). The van der Waals surface area contributed by atoms with Crippen molar-refractivity contribution in [3.8, 4) is 11.6 Å². The topological polar surface area (TPSA) is 131 Å². The van der Waals surface area contributed by atoms with E-state index in [-0.39, 0.29) is 31.0 Å². The number of carbonyl (C=O) groups excluding carboxylic acids is 1. The Kier molecular flexibility index (Phi) is 6.15. The maximum absolute atomic E-state index is 12.2. The van der Waals surface area contributed by atoms with Crippen molar-refractivity contribution >= 4 is 11.9 Å². The number of rotatable bonds is 9.